The first-order chi connectivity index (χ1) is 13.6. The predicted octanol–water partition coefficient (Wildman–Crippen LogP) is 4.50. The number of ether oxygens (including phenoxy) is 1. The lowest BCUT2D eigenvalue weighted by atomic mass is 10.0. The zero-order chi connectivity index (χ0) is 21.6. The predicted molar refractivity (Wildman–Crippen MR) is 106 cm³/mol. The van der Waals surface area contributed by atoms with Gasteiger partial charge in [0.1, 0.15) is 11.8 Å². The van der Waals surface area contributed by atoms with Crippen molar-refractivity contribution < 1.29 is 27.8 Å². The van der Waals surface area contributed by atoms with E-state index in [1.807, 2.05) is 0 Å². The lowest BCUT2D eigenvalue weighted by molar-refractivity contribution is -0.139. The second-order valence-corrected chi connectivity index (χ2v) is 6.98. The molecule has 0 aliphatic carbocycles. The molecule has 0 saturated carbocycles. The van der Waals surface area contributed by atoms with E-state index < -0.39 is 23.8 Å². The van der Waals surface area contributed by atoms with Crippen molar-refractivity contribution in [3.8, 4) is 5.75 Å². The largest absolute Gasteiger partial charge is 0.492 e. The molecule has 0 aliphatic heterocycles. The van der Waals surface area contributed by atoms with Crippen LogP contribution < -0.4 is 15.8 Å². The third kappa shape index (κ3) is 6.83. The summed E-state index contributed by atoms with van der Waals surface area (Å²) in [6.45, 7) is 2.66. The van der Waals surface area contributed by atoms with Crippen molar-refractivity contribution >= 4 is 23.3 Å². The van der Waals surface area contributed by atoms with Crippen LogP contribution >= 0.6 is 11.6 Å². The maximum absolute atomic E-state index is 12.5. The van der Waals surface area contributed by atoms with Gasteiger partial charge in [0.15, 0.2) is 0 Å². The van der Waals surface area contributed by atoms with Gasteiger partial charge in [0.25, 0.3) is 0 Å². The van der Waals surface area contributed by atoms with Crippen molar-refractivity contribution in [1.82, 2.24) is 0 Å². The Kier molecular flexibility index (Phi) is 7.75. The molecule has 0 heterocycles. The number of nitrogens with two attached hydrogens (primary N) is 1. The summed E-state index contributed by atoms with van der Waals surface area (Å²) in [4.78, 5) is 10.9. The molecule has 2 aromatic carbocycles. The van der Waals surface area contributed by atoms with Crippen LogP contribution in [0.15, 0.2) is 36.4 Å². The standard InChI is InChI=1S/C20H22ClF3N2O3/c1-12-9-13(11-17(25)19(27)28)10-16(21)18(12)29-8-2-7-26-15-5-3-14(4-6-15)20(22,23)24/h3-6,9-10,17,26H,2,7-8,11,25H2,1H3,(H,27,28)/t17-/m0/s1. The number of anilines is 1. The minimum atomic E-state index is -4.35. The van der Waals surface area contributed by atoms with Gasteiger partial charge in [0, 0.05) is 12.2 Å². The van der Waals surface area contributed by atoms with Crippen molar-refractivity contribution in [2.45, 2.75) is 32.0 Å². The molecule has 158 valence electrons. The van der Waals surface area contributed by atoms with Crippen LogP contribution in [0, 0.1) is 6.92 Å². The summed E-state index contributed by atoms with van der Waals surface area (Å²) >= 11 is 6.24. The molecule has 4 N–H and O–H groups in total. The summed E-state index contributed by atoms with van der Waals surface area (Å²) in [5.74, 6) is -0.575. The maximum Gasteiger partial charge on any atom is 0.416 e. The topological polar surface area (TPSA) is 84.6 Å². The number of aryl methyl sites for hydroxylation is 1. The normalized spacial score (nSPS) is 12.5. The molecule has 0 amide bonds. The molecule has 29 heavy (non-hydrogen) atoms. The summed E-state index contributed by atoms with van der Waals surface area (Å²) in [6.07, 6.45) is -3.59. The first kappa shape index (κ1) is 22.8. The van der Waals surface area contributed by atoms with Crippen LogP contribution in [0.4, 0.5) is 18.9 Å². The van der Waals surface area contributed by atoms with E-state index in [2.05, 4.69) is 5.32 Å². The van der Waals surface area contributed by atoms with E-state index >= 15 is 0 Å². The van der Waals surface area contributed by atoms with Gasteiger partial charge in [-0.3, -0.25) is 4.79 Å². The Bertz CT molecular complexity index is 819. The molecular formula is C20H22ClF3N2O3. The molecule has 9 heteroatoms. The number of aliphatic carboxylic acids is 1. The van der Waals surface area contributed by atoms with Gasteiger partial charge in [-0.1, -0.05) is 17.7 Å². The van der Waals surface area contributed by atoms with Crippen molar-refractivity contribution in [3.05, 3.63) is 58.1 Å². The average molecular weight is 431 g/mol. The third-order valence-electron chi connectivity index (χ3n) is 4.17. The molecule has 2 aromatic rings. The monoisotopic (exact) mass is 430 g/mol. The van der Waals surface area contributed by atoms with E-state index in [0.29, 0.717) is 41.6 Å². The van der Waals surface area contributed by atoms with Crippen molar-refractivity contribution in [2.75, 3.05) is 18.5 Å². The van der Waals surface area contributed by atoms with Crippen LogP contribution in [-0.2, 0) is 17.4 Å². The molecule has 5 nitrogen and oxygen atoms in total. The summed E-state index contributed by atoms with van der Waals surface area (Å²) in [7, 11) is 0. The first-order valence-electron chi connectivity index (χ1n) is 8.89. The number of carboxylic acids is 1. The highest BCUT2D eigenvalue weighted by molar-refractivity contribution is 6.32. The number of hydrogen-bond acceptors (Lipinski definition) is 4. The van der Waals surface area contributed by atoms with E-state index in [4.69, 9.17) is 27.2 Å². The maximum atomic E-state index is 12.5. The number of alkyl halides is 3. The van der Waals surface area contributed by atoms with Crippen LogP contribution in [0.1, 0.15) is 23.1 Å². The van der Waals surface area contributed by atoms with Crippen LogP contribution in [-0.4, -0.2) is 30.3 Å². The lowest BCUT2D eigenvalue weighted by Crippen LogP contribution is -2.32. The van der Waals surface area contributed by atoms with Gasteiger partial charge in [-0.15, -0.1) is 0 Å². The highest BCUT2D eigenvalue weighted by Gasteiger charge is 2.29. The third-order valence-corrected chi connectivity index (χ3v) is 4.45. The minimum absolute atomic E-state index is 0.160. The van der Waals surface area contributed by atoms with Crippen LogP contribution in [0.3, 0.4) is 0 Å². The Labute approximate surface area is 171 Å². The molecule has 0 unspecified atom stereocenters. The molecule has 0 bridgehead atoms. The Morgan fingerprint density at radius 1 is 1.28 bits per heavy atom. The zero-order valence-electron chi connectivity index (χ0n) is 15.7. The van der Waals surface area contributed by atoms with E-state index in [1.54, 1.807) is 19.1 Å². The number of benzene rings is 2. The summed E-state index contributed by atoms with van der Waals surface area (Å²) in [5.41, 5.74) is 6.91. The van der Waals surface area contributed by atoms with Gasteiger partial charge in [-0.05, 0) is 61.2 Å². The van der Waals surface area contributed by atoms with Gasteiger partial charge in [0.2, 0.25) is 0 Å². The van der Waals surface area contributed by atoms with Crippen molar-refractivity contribution in [1.29, 1.82) is 0 Å². The fourth-order valence-corrected chi connectivity index (χ4v) is 3.04. The number of hydrogen-bond donors (Lipinski definition) is 3. The Balaban J connectivity index is 1.82. The molecule has 1 atom stereocenters. The second-order valence-electron chi connectivity index (χ2n) is 6.58. The molecule has 0 aromatic heterocycles. The molecule has 0 fully saturated rings. The fourth-order valence-electron chi connectivity index (χ4n) is 2.70. The Morgan fingerprint density at radius 2 is 1.93 bits per heavy atom. The fraction of sp³-hybridized carbons (Fsp3) is 0.350. The van der Waals surface area contributed by atoms with Crippen LogP contribution in [0.2, 0.25) is 5.02 Å². The van der Waals surface area contributed by atoms with Gasteiger partial charge in [-0.2, -0.15) is 13.2 Å². The number of nitrogens with one attached hydrogen (secondary N) is 1. The van der Waals surface area contributed by atoms with Gasteiger partial charge in [0.05, 0.1) is 17.2 Å². The Hall–Kier alpha value is -2.45. The average Bonchev–Trinajstić information content (AvgIpc) is 2.63. The quantitative estimate of drug-likeness (QED) is 0.510. The van der Waals surface area contributed by atoms with Crippen LogP contribution in [0.25, 0.3) is 0 Å². The molecule has 0 aliphatic rings. The number of carbonyl (C=O) groups is 1. The van der Waals surface area contributed by atoms with Crippen molar-refractivity contribution in [2.24, 2.45) is 5.73 Å². The first-order valence-corrected chi connectivity index (χ1v) is 9.27. The summed E-state index contributed by atoms with van der Waals surface area (Å²) < 4.78 is 43.3. The Morgan fingerprint density at radius 3 is 2.48 bits per heavy atom. The molecule has 2 rings (SSSR count). The summed E-state index contributed by atoms with van der Waals surface area (Å²) in [5, 5.41) is 12.3. The molecule has 0 saturated heterocycles. The van der Waals surface area contributed by atoms with Crippen molar-refractivity contribution in [3.63, 3.8) is 0 Å². The number of carboxylic acid groups (broad SMARTS) is 1. The van der Waals surface area contributed by atoms with Gasteiger partial charge < -0.3 is 20.9 Å². The lowest BCUT2D eigenvalue weighted by Gasteiger charge is -2.14. The molecule has 0 radical (unpaired) electrons. The number of rotatable bonds is 9. The highest BCUT2D eigenvalue weighted by Crippen LogP contribution is 2.31. The smallest absolute Gasteiger partial charge is 0.416 e. The minimum Gasteiger partial charge on any atom is -0.492 e. The highest BCUT2D eigenvalue weighted by atomic mass is 35.5. The van der Waals surface area contributed by atoms with E-state index in [-0.39, 0.29) is 6.42 Å². The van der Waals surface area contributed by atoms with Gasteiger partial charge >= 0.3 is 12.1 Å². The van der Waals surface area contributed by atoms with Gasteiger partial charge in [-0.25, -0.2) is 0 Å². The molecule has 0 spiro atoms. The zero-order valence-corrected chi connectivity index (χ0v) is 16.5. The van der Waals surface area contributed by atoms with E-state index in [0.717, 1.165) is 17.7 Å². The SMILES string of the molecule is Cc1cc(C[C@H](N)C(=O)O)cc(Cl)c1OCCCNc1ccc(C(F)(F)F)cc1. The molecular weight excluding hydrogens is 409 g/mol. The van der Waals surface area contributed by atoms with Crippen LogP contribution in [0.5, 0.6) is 5.75 Å². The second kappa shape index (κ2) is 9.84. The van der Waals surface area contributed by atoms with E-state index in [1.165, 1.54) is 12.1 Å². The number of halogens is 4. The summed E-state index contributed by atoms with van der Waals surface area (Å²) in [6, 6.07) is 7.22. The van der Waals surface area contributed by atoms with E-state index in [9.17, 15) is 18.0 Å².